The van der Waals surface area contributed by atoms with Crippen molar-refractivity contribution >= 4 is 11.7 Å². The molecule has 1 aromatic rings. The van der Waals surface area contributed by atoms with Gasteiger partial charge in [0, 0.05) is 38.2 Å². The lowest BCUT2D eigenvalue weighted by molar-refractivity contribution is -0.130. The fourth-order valence-electron chi connectivity index (χ4n) is 3.42. The molecular formula is C18H24N2O3. The number of benzene rings is 1. The summed E-state index contributed by atoms with van der Waals surface area (Å²) in [5, 5.41) is 3.39. The van der Waals surface area contributed by atoms with Crippen LogP contribution in [0.5, 0.6) is 5.75 Å². The second-order valence-corrected chi connectivity index (χ2v) is 6.51. The number of nitrogens with zero attached hydrogens (tertiary/aromatic N) is 1. The topological polar surface area (TPSA) is 58.6 Å². The molecule has 23 heavy (non-hydrogen) atoms. The van der Waals surface area contributed by atoms with E-state index >= 15 is 0 Å². The van der Waals surface area contributed by atoms with E-state index in [1.807, 2.05) is 4.90 Å². The molecule has 0 spiro atoms. The molecule has 0 saturated carbocycles. The number of Topliss-reactive ketones (excluding diaryl/α,β-unsaturated/α-hetero) is 1. The average molecular weight is 316 g/mol. The van der Waals surface area contributed by atoms with Crippen LogP contribution in [0.25, 0.3) is 0 Å². The summed E-state index contributed by atoms with van der Waals surface area (Å²) in [5.41, 5.74) is 0.682. The van der Waals surface area contributed by atoms with Crippen molar-refractivity contribution in [1.82, 2.24) is 10.2 Å². The molecule has 0 radical (unpaired) electrons. The third-order valence-corrected chi connectivity index (χ3v) is 4.81. The van der Waals surface area contributed by atoms with Crippen molar-refractivity contribution in [3.8, 4) is 5.75 Å². The minimum Gasteiger partial charge on any atom is -0.494 e. The number of amides is 1. The fraction of sp³-hybridized carbons (Fsp3) is 0.556. The van der Waals surface area contributed by atoms with Gasteiger partial charge in [-0.2, -0.15) is 0 Å². The van der Waals surface area contributed by atoms with Crippen LogP contribution in [0.1, 0.15) is 30.1 Å². The Morgan fingerprint density at radius 2 is 1.83 bits per heavy atom. The van der Waals surface area contributed by atoms with Crippen molar-refractivity contribution in [3.05, 3.63) is 29.8 Å². The summed E-state index contributed by atoms with van der Waals surface area (Å²) in [7, 11) is 0. The number of carbonyl (C=O) groups excluding carboxylic acids is 2. The molecule has 124 valence electrons. The molecular weight excluding hydrogens is 292 g/mol. The zero-order valence-corrected chi connectivity index (χ0v) is 13.6. The van der Waals surface area contributed by atoms with Crippen LogP contribution in [0.3, 0.4) is 0 Å². The SMILES string of the molecule is CC(=O)c1ccc(OCCCC(=O)N2C[C@H]3CNC[C@H]3C2)cc1. The first kappa shape index (κ1) is 16.0. The molecule has 2 fully saturated rings. The van der Waals surface area contributed by atoms with E-state index in [4.69, 9.17) is 4.74 Å². The van der Waals surface area contributed by atoms with Crippen molar-refractivity contribution in [1.29, 1.82) is 0 Å². The number of fused-ring (bicyclic) bond motifs is 1. The summed E-state index contributed by atoms with van der Waals surface area (Å²) in [6, 6.07) is 7.13. The first-order chi connectivity index (χ1) is 11.1. The van der Waals surface area contributed by atoms with Crippen molar-refractivity contribution in [2.75, 3.05) is 32.8 Å². The third-order valence-electron chi connectivity index (χ3n) is 4.81. The molecule has 5 heteroatoms. The van der Waals surface area contributed by atoms with E-state index in [9.17, 15) is 9.59 Å². The van der Waals surface area contributed by atoms with Crippen molar-refractivity contribution in [2.45, 2.75) is 19.8 Å². The van der Waals surface area contributed by atoms with E-state index in [1.165, 1.54) is 0 Å². The Morgan fingerprint density at radius 1 is 1.17 bits per heavy atom. The molecule has 1 aromatic carbocycles. The lowest BCUT2D eigenvalue weighted by atomic mass is 10.0. The van der Waals surface area contributed by atoms with E-state index in [2.05, 4.69) is 5.32 Å². The summed E-state index contributed by atoms with van der Waals surface area (Å²) in [6.07, 6.45) is 1.26. The molecule has 2 aliphatic rings. The van der Waals surface area contributed by atoms with Gasteiger partial charge in [-0.05, 0) is 49.4 Å². The van der Waals surface area contributed by atoms with Gasteiger partial charge >= 0.3 is 0 Å². The molecule has 5 nitrogen and oxygen atoms in total. The van der Waals surface area contributed by atoms with Crippen LogP contribution < -0.4 is 10.1 Å². The number of hydrogen-bond donors (Lipinski definition) is 1. The smallest absolute Gasteiger partial charge is 0.222 e. The van der Waals surface area contributed by atoms with Crippen molar-refractivity contribution < 1.29 is 14.3 Å². The number of rotatable bonds is 6. The molecule has 2 saturated heterocycles. The van der Waals surface area contributed by atoms with Crippen LogP contribution in [0.4, 0.5) is 0 Å². The number of likely N-dealkylation sites (tertiary alicyclic amines) is 1. The van der Waals surface area contributed by atoms with E-state index in [0.717, 1.165) is 38.3 Å². The zero-order chi connectivity index (χ0) is 16.2. The molecule has 0 aliphatic carbocycles. The highest BCUT2D eigenvalue weighted by atomic mass is 16.5. The molecule has 1 amide bonds. The molecule has 3 rings (SSSR count). The van der Waals surface area contributed by atoms with E-state index in [0.29, 0.717) is 30.4 Å². The quantitative estimate of drug-likeness (QED) is 0.641. The molecule has 1 N–H and O–H groups in total. The van der Waals surface area contributed by atoms with Gasteiger partial charge in [-0.15, -0.1) is 0 Å². The Balaban J connectivity index is 1.36. The Hall–Kier alpha value is -1.88. The number of carbonyl (C=O) groups is 2. The summed E-state index contributed by atoms with van der Waals surface area (Å²) in [6.45, 7) is 5.98. The van der Waals surface area contributed by atoms with Crippen LogP contribution in [0.2, 0.25) is 0 Å². The summed E-state index contributed by atoms with van der Waals surface area (Å²) in [4.78, 5) is 25.4. The predicted octanol–water partition coefficient (Wildman–Crippen LogP) is 1.73. The fourth-order valence-corrected chi connectivity index (χ4v) is 3.42. The van der Waals surface area contributed by atoms with Gasteiger partial charge in [-0.1, -0.05) is 0 Å². The first-order valence-corrected chi connectivity index (χ1v) is 8.36. The molecule has 0 unspecified atom stereocenters. The standard InChI is InChI=1S/C18H24N2O3/c1-13(21)14-4-6-17(7-5-14)23-8-2-3-18(22)20-11-15-9-19-10-16(15)12-20/h4-7,15-16,19H,2-3,8-12H2,1H3/t15-,16+. The Labute approximate surface area is 137 Å². The van der Waals surface area contributed by atoms with Gasteiger partial charge in [0.2, 0.25) is 5.91 Å². The highest BCUT2D eigenvalue weighted by Crippen LogP contribution is 2.26. The predicted molar refractivity (Wildman–Crippen MR) is 87.6 cm³/mol. The summed E-state index contributed by atoms with van der Waals surface area (Å²) < 4.78 is 5.64. The van der Waals surface area contributed by atoms with Gasteiger partial charge in [-0.25, -0.2) is 0 Å². The van der Waals surface area contributed by atoms with Crippen LogP contribution >= 0.6 is 0 Å². The molecule has 0 bridgehead atoms. The lowest BCUT2D eigenvalue weighted by Gasteiger charge is -2.17. The van der Waals surface area contributed by atoms with Crippen LogP contribution in [0.15, 0.2) is 24.3 Å². The largest absolute Gasteiger partial charge is 0.494 e. The van der Waals surface area contributed by atoms with Crippen molar-refractivity contribution in [2.24, 2.45) is 11.8 Å². The summed E-state index contributed by atoms with van der Waals surface area (Å²) in [5.74, 6) is 2.33. The van der Waals surface area contributed by atoms with Gasteiger partial charge < -0.3 is 15.0 Å². The van der Waals surface area contributed by atoms with Crippen molar-refractivity contribution in [3.63, 3.8) is 0 Å². The number of ketones is 1. The average Bonchev–Trinajstić information content (AvgIpc) is 3.13. The van der Waals surface area contributed by atoms with E-state index in [1.54, 1.807) is 31.2 Å². The lowest BCUT2D eigenvalue weighted by Crippen LogP contribution is -2.31. The van der Waals surface area contributed by atoms with Crippen LogP contribution in [-0.4, -0.2) is 49.4 Å². The molecule has 2 heterocycles. The Bertz CT molecular complexity index is 558. The maximum absolute atomic E-state index is 12.2. The molecule has 2 aliphatic heterocycles. The third kappa shape index (κ3) is 3.91. The van der Waals surface area contributed by atoms with Crippen LogP contribution in [-0.2, 0) is 4.79 Å². The van der Waals surface area contributed by atoms with E-state index in [-0.39, 0.29) is 11.7 Å². The first-order valence-electron chi connectivity index (χ1n) is 8.36. The van der Waals surface area contributed by atoms with E-state index < -0.39 is 0 Å². The van der Waals surface area contributed by atoms with Gasteiger partial charge in [-0.3, -0.25) is 9.59 Å². The number of nitrogens with one attached hydrogen (secondary N) is 1. The highest BCUT2D eigenvalue weighted by molar-refractivity contribution is 5.94. The Morgan fingerprint density at radius 3 is 2.43 bits per heavy atom. The normalized spacial score (nSPS) is 22.9. The molecule has 2 atom stereocenters. The Kier molecular flexibility index (Phi) is 4.96. The number of hydrogen-bond acceptors (Lipinski definition) is 4. The highest BCUT2D eigenvalue weighted by Gasteiger charge is 2.37. The minimum absolute atomic E-state index is 0.0488. The second kappa shape index (κ2) is 7.13. The minimum atomic E-state index is 0.0488. The van der Waals surface area contributed by atoms with Gasteiger partial charge in [0.25, 0.3) is 0 Å². The zero-order valence-electron chi connectivity index (χ0n) is 13.6. The van der Waals surface area contributed by atoms with Crippen LogP contribution in [0, 0.1) is 11.8 Å². The second-order valence-electron chi connectivity index (χ2n) is 6.51. The maximum Gasteiger partial charge on any atom is 0.222 e. The maximum atomic E-state index is 12.2. The van der Waals surface area contributed by atoms with Gasteiger partial charge in [0.15, 0.2) is 5.78 Å². The number of ether oxygens (including phenoxy) is 1. The van der Waals surface area contributed by atoms with Gasteiger partial charge in [0.05, 0.1) is 6.61 Å². The monoisotopic (exact) mass is 316 g/mol. The summed E-state index contributed by atoms with van der Waals surface area (Å²) >= 11 is 0. The molecule has 0 aromatic heterocycles. The van der Waals surface area contributed by atoms with Gasteiger partial charge in [0.1, 0.15) is 5.75 Å².